The highest BCUT2D eigenvalue weighted by Gasteiger charge is 2.06. The molecule has 0 bridgehead atoms. The van der Waals surface area contributed by atoms with Crippen molar-refractivity contribution in [3.8, 4) is 0 Å². The van der Waals surface area contributed by atoms with Gasteiger partial charge in [0.1, 0.15) is 17.9 Å². The Morgan fingerprint density at radius 2 is 2.46 bits per heavy atom. The predicted molar refractivity (Wildman–Crippen MR) is 48.3 cm³/mol. The lowest BCUT2D eigenvalue weighted by molar-refractivity contribution is -0.118. The summed E-state index contributed by atoms with van der Waals surface area (Å²) in [6.07, 6.45) is 2.38. The van der Waals surface area contributed by atoms with Crippen molar-refractivity contribution in [2.45, 2.75) is 12.8 Å². The molecule has 0 unspecified atom stereocenters. The number of nitrogens with zero attached hydrogens (tertiary/aromatic N) is 3. The molecule has 0 aliphatic carbocycles. The Morgan fingerprint density at radius 3 is 3.00 bits per heavy atom. The van der Waals surface area contributed by atoms with Crippen molar-refractivity contribution in [3.63, 3.8) is 0 Å². The molecule has 0 fully saturated rings. The van der Waals surface area contributed by atoms with E-state index in [1.807, 2.05) is 7.05 Å². The van der Waals surface area contributed by atoms with Crippen LogP contribution in [0.25, 0.3) is 0 Å². The van der Waals surface area contributed by atoms with Gasteiger partial charge in [-0.15, -0.1) is 0 Å². The van der Waals surface area contributed by atoms with E-state index in [0.29, 0.717) is 12.8 Å². The normalized spacial score (nSPS) is 10.3. The fraction of sp³-hybridized carbons (Fsp3) is 0.625. The molecule has 1 heterocycles. The molecule has 1 aromatic rings. The molecule has 0 aromatic carbocycles. The molecule has 5 heteroatoms. The fourth-order valence-corrected chi connectivity index (χ4v) is 1.01. The topological polar surface area (TPSA) is 59.8 Å². The third-order valence-corrected chi connectivity index (χ3v) is 1.81. The number of carbonyl (C=O) groups is 1. The molecule has 0 aliphatic rings. The molecule has 0 atom stereocenters. The van der Waals surface area contributed by atoms with Gasteiger partial charge < -0.3 is 5.32 Å². The smallest absolute Gasteiger partial charge is 0.141 e. The van der Waals surface area contributed by atoms with E-state index in [-0.39, 0.29) is 5.78 Å². The SMILES string of the molecule is CNCCC(=O)Cc1ncnn1C. The molecule has 0 radical (unpaired) electrons. The highest BCUT2D eigenvalue weighted by atomic mass is 16.1. The van der Waals surface area contributed by atoms with Crippen molar-refractivity contribution in [1.29, 1.82) is 0 Å². The maximum Gasteiger partial charge on any atom is 0.141 e. The average Bonchev–Trinajstić information content (AvgIpc) is 2.48. The van der Waals surface area contributed by atoms with Gasteiger partial charge >= 0.3 is 0 Å². The van der Waals surface area contributed by atoms with Gasteiger partial charge in [-0.2, -0.15) is 5.10 Å². The van der Waals surface area contributed by atoms with Crippen LogP contribution in [-0.2, 0) is 18.3 Å². The van der Waals surface area contributed by atoms with Gasteiger partial charge in [0.05, 0.1) is 6.42 Å². The number of Topliss-reactive ketones (excluding diaryl/α,β-unsaturated/α-hetero) is 1. The highest BCUT2D eigenvalue weighted by Crippen LogP contribution is 1.95. The van der Waals surface area contributed by atoms with Gasteiger partial charge in [0.2, 0.25) is 0 Å². The van der Waals surface area contributed by atoms with Crippen molar-refractivity contribution in [1.82, 2.24) is 20.1 Å². The Hall–Kier alpha value is -1.23. The second-order valence-electron chi connectivity index (χ2n) is 2.87. The van der Waals surface area contributed by atoms with Gasteiger partial charge in [-0.05, 0) is 7.05 Å². The van der Waals surface area contributed by atoms with Crippen LogP contribution in [0, 0.1) is 0 Å². The van der Waals surface area contributed by atoms with Gasteiger partial charge in [0, 0.05) is 20.0 Å². The molecular weight excluding hydrogens is 168 g/mol. The van der Waals surface area contributed by atoms with Crippen LogP contribution in [0.3, 0.4) is 0 Å². The van der Waals surface area contributed by atoms with E-state index < -0.39 is 0 Å². The Balaban J connectivity index is 2.41. The molecule has 5 nitrogen and oxygen atoms in total. The summed E-state index contributed by atoms with van der Waals surface area (Å²) in [4.78, 5) is 15.3. The number of rotatable bonds is 5. The minimum atomic E-state index is 0.186. The molecule has 13 heavy (non-hydrogen) atoms. The van der Waals surface area contributed by atoms with Crippen LogP contribution >= 0.6 is 0 Å². The molecular formula is C8H14N4O. The first-order valence-electron chi connectivity index (χ1n) is 4.23. The first kappa shape index (κ1) is 9.85. The number of aryl methyl sites for hydroxylation is 1. The summed E-state index contributed by atoms with van der Waals surface area (Å²) in [6.45, 7) is 0.719. The standard InChI is InChI=1S/C8H14N4O/c1-9-4-3-7(13)5-8-10-6-11-12(8)2/h6,9H,3-5H2,1-2H3. The lowest BCUT2D eigenvalue weighted by atomic mass is 10.2. The number of ketones is 1. The van der Waals surface area contributed by atoms with E-state index in [2.05, 4.69) is 15.4 Å². The summed E-state index contributed by atoms with van der Waals surface area (Å²) < 4.78 is 1.62. The van der Waals surface area contributed by atoms with Gasteiger partial charge in [-0.25, -0.2) is 4.98 Å². The van der Waals surface area contributed by atoms with Crippen LogP contribution < -0.4 is 5.32 Å². The van der Waals surface area contributed by atoms with Crippen LogP contribution in [-0.4, -0.2) is 34.1 Å². The maximum absolute atomic E-state index is 11.3. The predicted octanol–water partition coefficient (Wildman–Crippen LogP) is -0.464. The monoisotopic (exact) mass is 182 g/mol. The van der Waals surface area contributed by atoms with Crippen molar-refractivity contribution >= 4 is 5.78 Å². The molecule has 1 N–H and O–H groups in total. The number of aromatic nitrogens is 3. The Kier molecular flexibility index (Phi) is 3.57. The molecule has 1 aromatic heterocycles. The van der Waals surface area contributed by atoms with E-state index in [4.69, 9.17) is 0 Å². The van der Waals surface area contributed by atoms with Gasteiger partial charge in [0.15, 0.2) is 0 Å². The minimum absolute atomic E-state index is 0.186. The van der Waals surface area contributed by atoms with Crippen LogP contribution in [0.1, 0.15) is 12.2 Å². The largest absolute Gasteiger partial charge is 0.319 e. The summed E-state index contributed by atoms with van der Waals surface area (Å²) in [7, 11) is 3.61. The third kappa shape index (κ3) is 2.95. The van der Waals surface area contributed by atoms with Gasteiger partial charge in [-0.3, -0.25) is 9.48 Å². The second-order valence-corrected chi connectivity index (χ2v) is 2.87. The zero-order chi connectivity index (χ0) is 9.68. The Morgan fingerprint density at radius 1 is 1.69 bits per heavy atom. The van der Waals surface area contributed by atoms with E-state index in [1.165, 1.54) is 6.33 Å². The number of carbonyl (C=O) groups excluding carboxylic acids is 1. The molecule has 72 valence electrons. The highest BCUT2D eigenvalue weighted by molar-refractivity contribution is 5.80. The Labute approximate surface area is 77.2 Å². The number of hydrogen-bond acceptors (Lipinski definition) is 4. The van der Waals surface area contributed by atoms with E-state index in [1.54, 1.807) is 11.7 Å². The molecule has 0 saturated carbocycles. The summed E-state index contributed by atoms with van der Waals surface area (Å²) in [5.41, 5.74) is 0. The lowest BCUT2D eigenvalue weighted by Gasteiger charge is -1.99. The Bertz CT molecular complexity index is 281. The first-order valence-corrected chi connectivity index (χ1v) is 4.23. The van der Waals surface area contributed by atoms with Crippen LogP contribution in [0.2, 0.25) is 0 Å². The number of nitrogens with one attached hydrogen (secondary N) is 1. The molecule has 0 aliphatic heterocycles. The number of hydrogen-bond donors (Lipinski definition) is 1. The maximum atomic E-state index is 11.3. The fourth-order valence-electron chi connectivity index (χ4n) is 1.01. The quantitative estimate of drug-likeness (QED) is 0.669. The lowest BCUT2D eigenvalue weighted by Crippen LogP contribution is -2.15. The van der Waals surface area contributed by atoms with Gasteiger partial charge in [0.25, 0.3) is 0 Å². The van der Waals surface area contributed by atoms with E-state index in [9.17, 15) is 4.79 Å². The summed E-state index contributed by atoms with van der Waals surface area (Å²) >= 11 is 0. The van der Waals surface area contributed by atoms with Gasteiger partial charge in [-0.1, -0.05) is 0 Å². The minimum Gasteiger partial charge on any atom is -0.319 e. The van der Waals surface area contributed by atoms with Crippen LogP contribution in [0.5, 0.6) is 0 Å². The van der Waals surface area contributed by atoms with E-state index in [0.717, 1.165) is 12.4 Å². The molecule has 0 spiro atoms. The van der Waals surface area contributed by atoms with Crippen LogP contribution in [0.15, 0.2) is 6.33 Å². The van der Waals surface area contributed by atoms with E-state index >= 15 is 0 Å². The molecule has 0 saturated heterocycles. The third-order valence-electron chi connectivity index (χ3n) is 1.81. The van der Waals surface area contributed by atoms with Crippen molar-refractivity contribution in [2.24, 2.45) is 7.05 Å². The van der Waals surface area contributed by atoms with Crippen molar-refractivity contribution in [3.05, 3.63) is 12.2 Å². The molecule has 1 rings (SSSR count). The summed E-state index contributed by atoms with van der Waals surface area (Å²) in [5.74, 6) is 0.909. The second kappa shape index (κ2) is 4.71. The zero-order valence-corrected chi connectivity index (χ0v) is 7.95. The van der Waals surface area contributed by atoms with Crippen LogP contribution in [0.4, 0.5) is 0 Å². The average molecular weight is 182 g/mol. The summed E-state index contributed by atoms with van der Waals surface area (Å²) in [6, 6.07) is 0. The summed E-state index contributed by atoms with van der Waals surface area (Å²) in [5, 5.41) is 6.82. The molecule has 0 amide bonds. The first-order chi connectivity index (χ1) is 6.24. The van der Waals surface area contributed by atoms with Crippen molar-refractivity contribution in [2.75, 3.05) is 13.6 Å². The van der Waals surface area contributed by atoms with Crippen molar-refractivity contribution < 1.29 is 4.79 Å². The zero-order valence-electron chi connectivity index (χ0n) is 7.95.